The number of rotatable bonds is 4. The number of benzene rings is 1. The van der Waals surface area contributed by atoms with Gasteiger partial charge in [0.1, 0.15) is 12.1 Å². The lowest BCUT2D eigenvalue weighted by atomic mass is 10.2. The van der Waals surface area contributed by atoms with Gasteiger partial charge in [-0.3, -0.25) is 4.79 Å². The summed E-state index contributed by atoms with van der Waals surface area (Å²) >= 11 is 11.4. The van der Waals surface area contributed by atoms with Crippen LogP contribution in [0.15, 0.2) is 30.6 Å². The number of halogens is 2. The number of aromatic nitrogens is 4. The van der Waals surface area contributed by atoms with Gasteiger partial charge in [0.05, 0.1) is 7.11 Å². The molecular weight excluding hydrogens is 353 g/mol. The molecule has 2 heterocycles. The number of anilines is 1. The van der Waals surface area contributed by atoms with Gasteiger partial charge in [0, 0.05) is 17.6 Å². The van der Waals surface area contributed by atoms with E-state index in [1.165, 1.54) is 7.11 Å². The first-order valence-corrected chi connectivity index (χ1v) is 7.47. The zero-order chi connectivity index (χ0) is 19.8. The standard InChI is InChI=1S/C15H13Cl2N5O2/c1-21(7-9-3-5-10(24-2)6-4-9)12-11-13(20-14(16)19-12)22(8-18-11)15(17)23/h3-6,8H,7H2,1-2H3/i1D3. The fraction of sp³-hybridized carbons (Fsp3) is 0.200. The number of hydrogen-bond acceptors (Lipinski definition) is 6. The number of carbonyl (C=O) groups is 1. The average Bonchev–Trinajstić information content (AvgIpc) is 3.02. The van der Waals surface area contributed by atoms with Crippen LogP contribution in [0.1, 0.15) is 9.68 Å². The number of hydrogen-bond donors (Lipinski definition) is 0. The van der Waals surface area contributed by atoms with Crippen molar-refractivity contribution in [2.24, 2.45) is 0 Å². The zero-order valence-corrected chi connectivity index (χ0v) is 13.9. The summed E-state index contributed by atoms with van der Waals surface area (Å²) in [5.41, 5.74) is 0.815. The van der Waals surface area contributed by atoms with Gasteiger partial charge in [-0.1, -0.05) is 12.1 Å². The Morgan fingerprint density at radius 3 is 2.75 bits per heavy atom. The Labute approximate surface area is 152 Å². The third kappa shape index (κ3) is 3.13. The van der Waals surface area contributed by atoms with Crippen LogP contribution in [0.25, 0.3) is 11.2 Å². The van der Waals surface area contributed by atoms with Crippen molar-refractivity contribution in [1.82, 2.24) is 19.5 Å². The van der Waals surface area contributed by atoms with E-state index in [0.29, 0.717) is 11.3 Å². The van der Waals surface area contributed by atoms with Crippen LogP contribution >= 0.6 is 23.2 Å². The fourth-order valence-corrected chi connectivity index (χ4v) is 2.45. The Morgan fingerprint density at radius 2 is 2.12 bits per heavy atom. The third-order valence-electron chi connectivity index (χ3n) is 3.30. The minimum absolute atomic E-state index is 0.00931. The number of nitrogens with zero attached hydrogens (tertiary/aromatic N) is 5. The van der Waals surface area contributed by atoms with Crippen LogP contribution in [0.4, 0.5) is 10.6 Å². The second kappa shape index (κ2) is 6.62. The Morgan fingerprint density at radius 1 is 1.38 bits per heavy atom. The molecular formula is C15H13Cl2N5O2. The molecule has 0 bridgehead atoms. The van der Waals surface area contributed by atoms with Crippen LogP contribution in [0.5, 0.6) is 5.75 Å². The summed E-state index contributed by atoms with van der Waals surface area (Å²) in [6, 6.07) is 6.91. The lowest BCUT2D eigenvalue weighted by Crippen LogP contribution is -2.18. The Balaban J connectivity index is 2.11. The highest BCUT2D eigenvalue weighted by Crippen LogP contribution is 2.25. The highest BCUT2D eigenvalue weighted by Gasteiger charge is 2.18. The molecule has 124 valence electrons. The minimum atomic E-state index is -2.56. The molecule has 9 heteroatoms. The summed E-state index contributed by atoms with van der Waals surface area (Å²) in [7, 11) is 1.54. The second-order valence-electron chi connectivity index (χ2n) is 4.79. The number of methoxy groups -OCH3 is 1. The molecule has 0 aliphatic carbocycles. The molecule has 1 aromatic carbocycles. The van der Waals surface area contributed by atoms with Gasteiger partial charge < -0.3 is 9.64 Å². The maximum absolute atomic E-state index is 11.5. The summed E-state index contributed by atoms with van der Waals surface area (Å²) in [6.45, 7) is -2.57. The highest BCUT2D eigenvalue weighted by molar-refractivity contribution is 6.63. The quantitative estimate of drug-likeness (QED) is 0.519. The molecule has 0 aliphatic heterocycles. The van der Waals surface area contributed by atoms with Gasteiger partial charge in [0.25, 0.3) is 0 Å². The van der Waals surface area contributed by atoms with Gasteiger partial charge in [0.2, 0.25) is 5.28 Å². The van der Waals surface area contributed by atoms with Crippen molar-refractivity contribution in [1.29, 1.82) is 0 Å². The number of carbonyl (C=O) groups excluding carboxylic acids is 1. The van der Waals surface area contributed by atoms with Gasteiger partial charge in [-0.2, -0.15) is 9.97 Å². The first-order valence-electron chi connectivity index (χ1n) is 8.21. The van der Waals surface area contributed by atoms with Crippen molar-refractivity contribution in [3.05, 3.63) is 41.4 Å². The minimum Gasteiger partial charge on any atom is -0.497 e. The van der Waals surface area contributed by atoms with Crippen molar-refractivity contribution in [3.63, 3.8) is 0 Å². The van der Waals surface area contributed by atoms with Gasteiger partial charge in [-0.05, 0) is 40.9 Å². The van der Waals surface area contributed by atoms with Crippen molar-refractivity contribution in [2.45, 2.75) is 6.54 Å². The van der Waals surface area contributed by atoms with E-state index in [4.69, 9.17) is 32.1 Å². The summed E-state index contributed by atoms with van der Waals surface area (Å²) < 4.78 is 29.7. The molecule has 0 radical (unpaired) electrons. The summed E-state index contributed by atoms with van der Waals surface area (Å²) in [5, 5.41) is -1.09. The van der Waals surface area contributed by atoms with E-state index < -0.39 is 12.3 Å². The van der Waals surface area contributed by atoms with Crippen molar-refractivity contribution in [2.75, 3.05) is 19.0 Å². The van der Waals surface area contributed by atoms with E-state index in [2.05, 4.69) is 15.0 Å². The summed E-state index contributed by atoms with van der Waals surface area (Å²) in [6.07, 6.45) is 1.14. The van der Waals surface area contributed by atoms with Crippen LogP contribution < -0.4 is 9.64 Å². The van der Waals surface area contributed by atoms with E-state index in [9.17, 15) is 4.79 Å². The van der Waals surface area contributed by atoms with E-state index in [0.717, 1.165) is 15.8 Å². The lowest BCUT2D eigenvalue weighted by molar-refractivity contribution is 0.261. The normalized spacial score (nSPS) is 13.2. The van der Waals surface area contributed by atoms with E-state index >= 15 is 0 Å². The van der Waals surface area contributed by atoms with E-state index in [1.807, 2.05) is 0 Å². The maximum Gasteiger partial charge on any atom is 0.327 e. The second-order valence-corrected chi connectivity index (χ2v) is 5.45. The first-order chi connectivity index (χ1) is 12.7. The van der Waals surface area contributed by atoms with E-state index in [1.54, 1.807) is 24.3 Å². The van der Waals surface area contributed by atoms with Crippen molar-refractivity contribution < 1.29 is 13.6 Å². The number of imidazole rings is 1. The molecule has 7 nitrogen and oxygen atoms in total. The van der Waals surface area contributed by atoms with Crippen LogP contribution in [0.2, 0.25) is 5.28 Å². The van der Waals surface area contributed by atoms with Crippen LogP contribution in [-0.4, -0.2) is 39.0 Å². The molecule has 0 aliphatic rings. The predicted octanol–water partition coefficient (Wildman–Crippen LogP) is 3.33. The van der Waals surface area contributed by atoms with Gasteiger partial charge in [-0.25, -0.2) is 9.55 Å². The van der Waals surface area contributed by atoms with Crippen LogP contribution in [0.3, 0.4) is 0 Å². The molecule has 2 aromatic heterocycles. The zero-order valence-electron chi connectivity index (χ0n) is 15.4. The Bertz CT molecular complexity index is 992. The Kier molecular flexibility index (Phi) is 3.58. The molecule has 3 rings (SSSR count). The predicted molar refractivity (Wildman–Crippen MR) is 92.1 cm³/mol. The summed E-state index contributed by atoms with van der Waals surface area (Å²) in [5.74, 6) is 0.614. The topological polar surface area (TPSA) is 73.1 Å². The van der Waals surface area contributed by atoms with Gasteiger partial charge >= 0.3 is 5.37 Å². The number of fused-ring (bicyclic) bond motifs is 1. The largest absolute Gasteiger partial charge is 0.497 e. The van der Waals surface area contributed by atoms with E-state index in [-0.39, 0.29) is 28.8 Å². The molecule has 0 atom stereocenters. The SMILES string of the molecule is [2H]C([2H])([2H])N(Cc1ccc(OC)cc1)c1nc(Cl)nc2c1ncn2C(=O)Cl. The van der Waals surface area contributed by atoms with Crippen molar-refractivity contribution >= 4 is 45.5 Å². The maximum atomic E-state index is 11.5. The first kappa shape index (κ1) is 13.0. The fourth-order valence-electron chi connectivity index (χ4n) is 2.16. The monoisotopic (exact) mass is 368 g/mol. The third-order valence-corrected chi connectivity index (χ3v) is 3.65. The average molecular weight is 369 g/mol. The summed E-state index contributed by atoms with van der Waals surface area (Å²) in [4.78, 5) is 24.6. The van der Waals surface area contributed by atoms with Gasteiger partial charge in [0.15, 0.2) is 17.0 Å². The van der Waals surface area contributed by atoms with Crippen molar-refractivity contribution in [3.8, 4) is 5.75 Å². The molecule has 24 heavy (non-hydrogen) atoms. The van der Waals surface area contributed by atoms with Gasteiger partial charge in [-0.15, -0.1) is 0 Å². The smallest absolute Gasteiger partial charge is 0.327 e. The molecule has 0 N–H and O–H groups in total. The molecule has 0 fully saturated rings. The molecule has 0 saturated carbocycles. The highest BCUT2D eigenvalue weighted by atomic mass is 35.5. The van der Waals surface area contributed by atoms with Crippen LogP contribution in [0, 0.1) is 0 Å². The molecule has 0 amide bonds. The molecule has 3 aromatic rings. The molecule has 0 spiro atoms. The lowest BCUT2D eigenvalue weighted by Gasteiger charge is -2.18. The number of ether oxygens (including phenoxy) is 1. The molecule has 0 unspecified atom stereocenters. The molecule has 0 saturated heterocycles. The van der Waals surface area contributed by atoms with Crippen LogP contribution in [-0.2, 0) is 6.54 Å². The Hall–Kier alpha value is -2.38.